The Morgan fingerprint density at radius 3 is 2.68 bits per heavy atom. The highest BCUT2D eigenvalue weighted by Gasteiger charge is 2.13. The van der Waals surface area contributed by atoms with Crippen molar-refractivity contribution in [1.82, 2.24) is 0 Å². The predicted molar refractivity (Wildman–Crippen MR) is 108 cm³/mol. The third-order valence-corrected chi connectivity index (χ3v) is 4.93. The highest BCUT2D eigenvalue weighted by Crippen LogP contribution is 2.27. The molecule has 0 fully saturated rings. The van der Waals surface area contributed by atoms with Gasteiger partial charge >= 0.3 is 5.97 Å². The van der Waals surface area contributed by atoms with Gasteiger partial charge in [0.05, 0.1) is 17.8 Å². The third kappa shape index (κ3) is 5.83. The number of allylic oxidation sites excluding steroid dienone is 1. The number of ether oxygens (including phenoxy) is 1. The van der Waals surface area contributed by atoms with Crippen molar-refractivity contribution in [3.63, 3.8) is 0 Å². The molecule has 1 N–H and O–H groups in total. The van der Waals surface area contributed by atoms with Crippen molar-refractivity contribution in [2.24, 2.45) is 0 Å². The van der Waals surface area contributed by atoms with Crippen molar-refractivity contribution < 1.29 is 24.4 Å². The minimum absolute atomic E-state index is 0.0205. The molecule has 0 heterocycles. The van der Waals surface area contributed by atoms with Crippen LogP contribution in [0.2, 0.25) is 5.02 Å². The lowest BCUT2D eigenvalue weighted by Crippen LogP contribution is -2.01. The van der Waals surface area contributed by atoms with E-state index in [0.717, 1.165) is 0 Å². The van der Waals surface area contributed by atoms with Crippen molar-refractivity contribution in [1.29, 1.82) is 0 Å². The van der Waals surface area contributed by atoms with Crippen LogP contribution in [0.25, 0.3) is 6.08 Å². The maximum atomic E-state index is 12.4. The number of hydrogen-bond acceptors (Lipinski definition) is 6. The number of ketones is 1. The molecule has 0 aliphatic heterocycles. The minimum Gasteiger partial charge on any atom is -0.496 e. The Bertz CT molecular complexity index is 944. The largest absolute Gasteiger partial charge is 0.496 e. The Morgan fingerprint density at radius 2 is 2.04 bits per heavy atom. The van der Waals surface area contributed by atoms with Crippen molar-refractivity contribution in [3.05, 3.63) is 74.3 Å². The summed E-state index contributed by atoms with van der Waals surface area (Å²) in [6.45, 7) is 0. The van der Waals surface area contributed by atoms with E-state index >= 15 is 0 Å². The van der Waals surface area contributed by atoms with Crippen LogP contribution < -0.4 is 4.74 Å². The summed E-state index contributed by atoms with van der Waals surface area (Å²) in [5, 5.41) is 19.7. The molecule has 28 heavy (non-hydrogen) atoms. The molecule has 0 aliphatic rings. The maximum Gasteiger partial charge on any atom is 0.313 e. The molecule has 0 bridgehead atoms. The average Bonchev–Trinajstić information content (AvgIpc) is 2.66. The number of halogens is 1. The normalized spacial score (nSPS) is 10.8. The molecule has 0 radical (unpaired) electrons. The fourth-order valence-corrected chi connectivity index (χ4v) is 3.24. The molecular weight excluding hydrogens is 406 g/mol. The lowest BCUT2D eigenvalue weighted by Gasteiger charge is -2.09. The fourth-order valence-electron chi connectivity index (χ4n) is 2.33. The summed E-state index contributed by atoms with van der Waals surface area (Å²) >= 11 is 6.97. The zero-order valence-corrected chi connectivity index (χ0v) is 16.3. The van der Waals surface area contributed by atoms with Crippen molar-refractivity contribution in [2.75, 3.05) is 12.9 Å². The van der Waals surface area contributed by atoms with E-state index in [2.05, 4.69) is 0 Å². The van der Waals surface area contributed by atoms with Gasteiger partial charge in [-0.2, -0.15) is 0 Å². The van der Waals surface area contributed by atoms with Gasteiger partial charge in [0.1, 0.15) is 10.8 Å². The van der Waals surface area contributed by atoms with Crippen LogP contribution in [-0.4, -0.2) is 34.6 Å². The van der Waals surface area contributed by atoms with Gasteiger partial charge in [-0.05, 0) is 35.9 Å². The van der Waals surface area contributed by atoms with Crippen LogP contribution in [0.15, 0.2) is 42.5 Å². The van der Waals surface area contributed by atoms with Crippen molar-refractivity contribution in [3.8, 4) is 5.75 Å². The third-order valence-electron chi connectivity index (χ3n) is 3.64. The fraction of sp³-hybridized carbons (Fsp3) is 0.158. The van der Waals surface area contributed by atoms with Gasteiger partial charge in [-0.1, -0.05) is 23.7 Å². The number of carbonyl (C=O) groups excluding carboxylic acids is 1. The summed E-state index contributed by atoms with van der Waals surface area (Å²) in [6.07, 6.45) is 2.78. The molecule has 9 heteroatoms. The zero-order valence-electron chi connectivity index (χ0n) is 14.8. The lowest BCUT2D eigenvalue weighted by atomic mass is 10.1. The molecule has 0 amide bonds. The number of aliphatic carboxylic acids is 1. The van der Waals surface area contributed by atoms with Gasteiger partial charge in [-0.25, -0.2) is 0 Å². The number of thioether (sulfide) groups is 1. The first-order chi connectivity index (χ1) is 13.3. The topological polar surface area (TPSA) is 107 Å². The minimum atomic E-state index is -0.920. The van der Waals surface area contributed by atoms with Crippen LogP contribution in [0.4, 0.5) is 5.69 Å². The molecule has 2 aromatic rings. The smallest absolute Gasteiger partial charge is 0.313 e. The Kier molecular flexibility index (Phi) is 7.60. The molecule has 0 aliphatic carbocycles. The van der Waals surface area contributed by atoms with Crippen molar-refractivity contribution >= 4 is 46.9 Å². The van der Waals surface area contributed by atoms with Crippen LogP contribution in [0.1, 0.15) is 21.5 Å². The summed E-state index contributed by atoms with van der Waals surface area (Å²) in [4.78, 5) is 33.5. The molecule has 2 aromatic carbocycles. The molecule has 146 valence electrons. The van der Waals surface area contributed by atoms with E-state index in [1.165, 1.54) is 43.2 Å². The molecule has 0 atom stereocenters. The number of methoxy groups -OCH3 is 1. The van der Waals surface area contributed by atoms with Crippen LogP contribution in [0.3, 0.4) is 0 Å². The summed E-state index contributed by atoms with van der Waals surface area (Å²) in [5.41, 5.74) is 1.33. The Morgan fingerprint density at radius 1 is 1.29 bits per heavy atom. The molecular formula is C19H16ClNO6S. The summed E-state index contributed by atoms with van der Waals surface area (Å²) in [6, 6.07) is 9.14. The Labute approximate surface area is 170 Å². The van der Waals surface area contributed by atoms with E-state index in [-0.39, 0.29) is 22.2 Å². The molecule has 0 aromatic heterocycles. The van der Waals surface area contributed by atoms with Gasteiger partial charge in [0, 0.05) is 22.9 Å². The van der Waals surface area contributed by atoms with Gasteiger partial charge in [0.15, 0.2) is 5.78 Å². The average molecular weight is 422 g/mol. The number of carboxylic acid groups (broad SMARTS) is 1. The van der Waals surface area contributed by atoms with Crippen LogP contribution in [-0.2, 0) is 10.5 Å². The second-order valence-electron chi connectivity index (χ2n) is 5.58. The highest BCUT2D eigenvalue weighted by atomic mass is 35.5. The number of carboxylic acids is 1. The molecule has 0 saturated carbocycles. The predicted octanol–water partition coefficient (Wildman–Crippen LogP) is 4.47. The summed E-state index contributed by atoms with van der Waals surface area (Å²) < 4.78 is 5.25. The second-order valence-corrected chi connectivity index (χ2v) is 6.97. The van der Waals surface area contributed by atoms with E-state index in [1.807, 2.05) is 0 Å². The van der Waals surface area contributed by atoms with Crippen LogP contribution >= 0.6 is 23.4 Å². The van der Waals surface area contributed by atoms with Gasteiger partial charge in [0.2, 0.25) is 0 Å². The Balaban J connectivity index is 2.19. The number of carbonyl (C=O) groups is 2. The van der Waals surface area contributed by atoms with Gasteiger partial charge in [-0.15, -0.1) is 11.8 Å². The lowest BCUT2D eigenvalue weighted by molar-refractivity contribution is -0.384. The van der Waals surface area contributed by atoms with E-state index in [9.17, 15) is 19.7 Å². The van der Waals surface area contributed by atoms with Gasteiger partial charge in [0.25, 0.3) is 5.69 Å². The highest BCUT2D eigenvalue weighted by molar-refractivity contribution is 7.99. The van der Waals surface area contributed by atoms with Gasteiger partial charge in [-0.3, -0.25) is 19.7 Å². The Hall–Kier alpha value is -2.84. The van der Waals surface area contributed by atoms with Crippen molar-refractivity contribution in [2.45, 2.75) is 5.75 Å². The number of nitro benzene ring substituents is 1. The number of hydrogen-bond donors (Lipinski definition) is 1. The molecule has 0 spiro atoms. The van der Waals surface area contributed by atoms with E-state index < -0.39 is 10.9 Å². The number of nitro groups is 1. The second kappa shape index (κ2) is 9.91. The number of benzene rings is 2. The molecule has 2 rings (SSSR count). The van der Waals surface area contributed by atoms with E-state index in [4.69, 9.17) is 21.4 Å². The first-order valence-corrected chi connectivity index (χ1v) is 9.48. The SMILES string of the molecule is COc1ccc(C(=O)/C=C/c2ccc(Cl)c([N+](=O)[O-])c2)cc1CSCC(=O)O. The monoisotopic (exact) mass is 421 g/mol. The molecule has 0 unspecified atom stereocenters. The summed E-state index contributed by atoms with van der Waals surface area (Å²) in [7, 11) is 1.50. The molecule has 0 saturated heterocycles. The zero-order chi connectivity index (χ0) is 20.7. The van der Waals surface area contributed by atoms with Crippen LogP contribution in [0.5, 0.6) is 5.75 Å². The number of nitrogens with zero attached hydrogens (tertiary/aromatic N) is 1. The summed E-state index contributed by atoms with van der Waals surface area (Å²) in [5.74, 6) is -0.340. The first-order valence-electron chi connectivity index (χ1n) is 7.94. The van der Waals surface area contributed by atoms with Crippen LogP contribution in [0, 0.1) is 10.1 Å². The first kappa shape index (κ1) is 21.5. The molecule has 7 nitrogen and oxygen atoms in total. The maximum absolute atomic E-state index is 12.4. The quantitative estimate of drug-likeness (QED) is 0.275. The number of rotatable bonds is 9. The van der Waals surface area contributed by atoms with E-state index in [0.29, 0.717) is 28.2 Å². The standard InChI is InChI=1S/C19H16ClNO6S/c1-27-18-7-4-13(9-14(18)10-28-11-19(23)24)17(22)6-3-12-2-5-15(20)16(8-12)21(25)26/h2-9H,10-11H2,1H3,(H,23,24)/b6-3+. The van der Waals surface area contributed by atoms with E-state index in [1.54, 1.807) is 24.3 Å². The van der Waals surface area contributed by atoms with Gasteiger partial charge < -0.3 is 9.84 Å².